The number of carboxylic acid groups (broad SMARTS) is 1. The van der Waals surface area contributed by atoms with Crippen LogP contribution < -0.4 is 0 Å². The summed E-state index contributed by atoms with van der Waals surface area (Å²) in [4.78, 5) is 11.1. The molecule has 0 aliphatic rings. The average molecular weight is 260 g/mol. The van der Waals surface area contributed by atoms with Crippen molar-refractivity contribution in [2.24, 2.45) is 0 Å². The molecule has 5 heteroatoms. The van der Waals surface area contributed by atoms with E-state index >= 15 is 0 Å². The van der Waals surface area contributed by atoms with Gasteiger partial charge in [-0.25, -0.2) is 9.18 Å². The highest BCUT2D eigenvalue weighted by Crippen LogP contribution is 2.24. The van der Waals surface area contributed by atoms with Crippen LogP contribution in [0.4, 0.5) is 4.39 Å². The summed E-state index contributed by atoms with van der Waals surface area (Å²) in [5.41, 5.74) is 0.133. The van der Waals surface area contributed by atoms with Gasteiger partial charge in [0.25, 0.3) is 0 Å². The molecule has 0 heterocycles. The summed E-state index contributed by atoms with van der Waals surface area (Å²) in [6.07, 6.45) is 3.01. The minimum Gasteiger partial charge on any atom is -0.478 e. The van der Waals surface area contributed by atoms with Gasteiger partial charge in [0, 0.05) is 4.90 Å². The van der Waals surface area contributed by atoms with Gasteiger partial charge in [-0.15, -0.1) is 11.8 Å². The summed E-state index contributed by atoms with van der Waals surface area (Å²) in [6, 6.07) is 3.88. The molecule has 0 aliphatic heterocycles. The summed E-state index contributed by atoms with van der Waals surface area (Å²) in [5.74, 6) is 0.471. The molecule has 1 aromatic rings. The van der Waals surface area contributed by atoms with E-state index in [0.717, 1.165) is 17.9 Å². The average Bonchev–Trinajstić information content (AvgIpc) is 2.26. The second-order valence-corrected chi connectivity index (χ2v) is 5.27. The van der Waals surface area contributed by atoms with Gasteiger partial charge in [0.15, 0.2) is 0 Å². The van der Waals surface area contributed by atoms with Crippen LogP contribution in [-0.4, -0.2) is 28.8 Å². The highest BCUT2D eigenvalue weighted by Gasteiger charge is 2.08. The van der Waals surface area contributed by atoms with Gasteiger partial charge >= 0.3 is 5.97 Å². The summed E-state index contributed by atoms with van der Waals surface area (Å²) in [6.45, 7) is 0. The van der Waals surface area contributed by atoms with E-state index in [0.29, 0.717) is 4.90 Å². The van der Waals surface area contributed by atoms with Crippen molar-refractivity contribution in [3.05, 3.63) is 29.6 Å². The molecule has 0 bridgehead atoms. The van der Waals surface area contributed by atoms with Gasteiger partial charge in [-0.3, -0.25) is 0 Å². The number of hydrogen-bond acceptors (Lipinski definition) is 3. The minimum absolute atomic E-state index is 0.133. The number of rotatable bonds is 6. The molecule has 1 rings (SSSR count). The van der Waals surface area contributed by atoms with Crippen molar-refractivity contribution >= 4 is 29.5 Å². The lowest BCUT2D eigenvalue weighted by Crippen LogP contribution is -1.97. The van der Waals surface area contributed by atoms with Crippen molar-refractivity contribution in [1.29, 1.82) is 0 Å². The fraction of sp³-hybridized carbons (Fsp3) is 0.364. The smallest absolute Gasteiger partial charge is 0.335 e. The Morgan fingerprint density at radius 3 is 2.81 bits per heavy atom. The normalized spacial score (nSPS) is 10.4. The highest BCUT2D eigenvalue weighted by atomic mass is 32.2. The van der Waals surface area contributed by atoms with Crippen molar-refractivity contribution in [3.8, 4) is 0 Å². The van der Waals surface area contributed by atoms with E-state index in [1.165, 1.54) is 30.0 Å². The van der Waals surface area contributed by atoms with Gasteiger partial charge in [0.1, 0.15) is 5.82 Å². The third-order valence-electron chi connectivity index (χ3n) is 1.93. The van der Waals surface area contributed by atoms with Crippen LogP contribution in [0.15, 0.2) is 23.1 Å². The Balaban J connectivity index is 2.63. The zero-order chi connectivity index (χ0) is 12.0. The molecule has 2 nitrogen and oxygen atoms in total. The molecule has 1 N–H and O–H groups in total. The van der Waals surface area contributed by atoms with E-state index in [1.807, 2.05) is 6.26 Å². The van der Waals surface area contributed by atoms with Crippen LogP contribution in [0.3, 0.4) is 0 Å². The van der Waals surface area contributed by atoms with E-state index in [1.54, 1.807) is 11.8 Å². The zero-order valence-electron chi connectivity index (χ0n) is 8.90. The molecule has 0 aliphatic carbocycles. The lowest BCUT2D eigenvalue weighted by Gasteiger charge is -2.04. The quantitative estimate of drug-likeness (QED) is 0.628. The zero-order valence-corrected chi connectivity index (χ0v) is 10.5. The van der Waals surface area contributed by atoms with Crippen molar-refractivity contribution in [2.45, 2.75) is 11.3 Å². The lowest BCUT2D eigenvalue weighted by molar-refractivity contribution is 0.0696. The summed E-state index contributed by atoms with van der Waals surface area (Å²) in [7, 11) is 0. The molecule has 0 saturated heterocycles. The molecule has 0 spiro atoms. The van der Waals surface area contributed by atoms with Gasteiger partial charge in [0.05, 0.1) is 5.56 Å². The number of carboxylic acids is 1. The third-order valence-corrected chi connectivity index (χ3v) is 3.74. The maximum absolute atomic E-state index is 13.3. The Hall–Kier alpha value is -0.680. The van der Waals surface area contributed by atoms with Crippen LogP contribution in [0, 0.1) is 5.82 Å². The van der Waals surface area contributed by atoms with Gasteiger partial charge in [-0.1, -0.05) is 0 Å². The van der Waals surface area contributed by atoms with Crippen molar-refractivity contribution in [1.82, 2.24) is 0 Å². The van der Waals surface area contributed by atoms with Gasteiger partial charge in [-0.2, -0.15) is 11.8 Å². The first kappa shape index (κ1) is 13.4. The summed E-state index contributed by atoms with van der Waals surface area (Å²) in [5, 5.41) is 8.77. The van der Waals surface area contributed by atoms with E-state index in [-0.39, 0.29) is 11.4 Å². The van der Waals surface area contributed by atoms with Crippen molar-refractivity contribution < 1.29 is 14.3 Å². The van der Waals surface area contributed by atoms with Crippen molar-refractivity contribution in [3.63, 3.8) is 0 Å². The highest BCUT2D eigenvalue weighted by molar-refractivity contribution is 7.99. The molecule has 0 unspecified atom stereocenters. The van der Waals surface area contributed by atoms with Crippen LogP contribution in [-0.2, 0) is 0 Å². The molecule has 88 valence electrons. The Morgan fingerprint density at radius 1 is 1.44 bits per heavy atom. The predicted molar refractivity (Wildman–Crippen MR) is 67.1 cm³/mol. The molecular weight excluding hydrogens is 247 g/mol. The molecule has 0 atom stereocenters. The van der Waals surface area contributed by atoms with Crippen LogP contribution in [0.5, 0.6) is 0 Å². The van der Waals surface area contributed by atoms with Crippen LogP contribution >= 0.6 is 23.5 Å². The predicted octanol–water partition coefficient (Wildman–Crippen LogP) is 3.37. The second kappa shape index (κ2) is 6.81. The summed E-state index contributed by atoms with van der Waals surface area (Å²) < 4.78 is 13.3. The van der Waals surface area contributed by atoms with Gasteiger partial charge in [0.2, 0.25) is 0 Å². The topological polar surface area (TPSA) is 37.3 Å². The number of halogens is 1. The van der Waals surface area contributed by atoms with E-state index < -0.39 is 5.97 Å². The third kappa shape index (κ3) is 4.06. The fourth-order valence-corrected chi connectivity index (χ4v) is 2.67. The molecule has 0 saturated carbocycles. The Labute approximate surface area is 103 Å². The number of thioether (sulfide) groups is 2. The Bertz CT molecular complexity index is 369. The lowest BCUT2D eigenvalue weighted by atomic mass is 10.2. The largest absolute Gasteiger partial charge is 0.478 e. The molecule has 0 fully saturated rings. The summed E-state index contributed by atoms with van der Waals surface area (Å²) >= 11 is 3.11. The van der Waals surface area contributed by atoms with Crippen molar-refractivity contribution in [2.75, 3.05) is 17.8 Å². The van der Waals surface area contributed by atoms with E-state index in [2.05, 4.69) is 0 Å². The van der Waals surface area contributed by atoms with Crippen LogP contribution in [0.2, 0.25) is 0 Å². The molecule has 0 amide bonds. The number of aromatic carboxylic acids is 1. The monoisotopic (exact) mass is 260 g/mol. The van der Waals surface area contributed by atoms with Crippen LogP contribution in [0.1, 0.15) is 16.8 Å². The van der Waals surface area contributed by atoms with Crippen LogP contribution in [0.25, 0.3) is 0 Å². The Morgan fingerprint density at radius 2 is 2.19 bits per heavy atom. The first-order valence-electron chi connectivity index (χ1n) is 4.79. The minimum atomic E-state index is -1.02. The molecular formula is C11H13FO2S2. The van der Waals surface area contributed by atoms with Gasteiger partial charge < -0.3 is 5.11 Å². The maximum atomic E-state index is 13.3. The molecule has 0 radical (unpaired) electrons. The number of carbonyl (C=O) groups is 1. The van der Waals surface area contributed by atoms with E-state index in [4.69, 9.17) is 5.11 Å². The second-order valence-electron chi connectivity index (χ2n) is 3.15. The Kier molecular flexibility index (Phi) is 5.69. The molecule has 16 heavy (non-hydrogen) atoms. The SMILES string of the molecule is CSCCCSc1cc(C(=O)O)ccc1F. The fourth-order valence-electron chi connectivity index (χ4n) is 1.13. The number of benzene rings is 1. The standard InChI is InChI=1S/C11H13FO2S2/c1-15-5-2-6-16-10-7-8(11(13)14)3-4-9(10)12/h3-4,7H,2,5-6H2,1H3,(H,13,14). The first-order chi connectivity index (χ1) is 7.65. The van der Waals surface area contributed by atoms with Gasteiger partial charge in [-0.05, 0) is 42.4 Å². The van der Waals surface area contributed by atoms with E-state index in [9.17, 15) is 9.18 Å². The molecule has 1 aromatic carbocycles. The maximum Gasteiger partial charge on any atom is 0.335 e. The molecule has 0 aromatic heterocycles. The number of hydrogen-bond donors (Lipinski definition) is 1. The first-order valence-corrected chi connectivity index (χ1v) is 7.17.